The number of rotatable bonds is 4. The molecule has 0 fully saturated rings. The van der Waals surface area contributed by atoms with Gasteiger partial charge in [-0.05, 0) is 26.0 Å². The van der Waals surface area contributed by atoms with Crippen molar-refractivity contribution >= 4 is 22.5 Å². The number of hydrogen-bond donors (Lipinski definition) is 2. The number of nitrogens with one attached hydrogen (secondary N) is 1. The summed E-state index contributed by atoms with van der Waals surface area (Å²) in [6.07, 6.45) is 1.81. The lowest BCUT2D eigenvalue weighted by molar-refractivity contribution is -0.384. The number of carbonyl (C=O) groups is 1. The van der Waals surface area contributed by atoms with Crippen LogP contribution in [0.25, 0.3) is 10.9 Å². The molecule has 3 N–H and O–H groups in total. The van der Waals surface area contributed by atoms with Crippen LogP contribution in [0.1, 0.15) is 13.8 Å². The summed E-state index contributed by atoms with van der Waals surface area (Å²) in [7, 11) is 0. The van der Waals surface area contributed by atoms with E-state index < -0.39 is 10.3 Å². The van der Waals surface area contributed by atoms with Gasteiger partial charge in [-0.2, -0.15) is 0 Å². The van der Waals surface area contributed by atoms with Crippen LogP contribution in [0.2, 0.25) is 0 Å². The van der Waals surface area contributed by atoms with E-state index in [2.05, 4.69) is 5.43 Å². The Balaban J connectivity index is 2.37. The Kier molecular flexibility index (Phi) is 3.46. The molecule has 0 aliphatic carbocycles. The van der Waals surface area contributed by atoms with Gasteiger partial charge in [0.15, 0.2) is 0 Å². The van der Waals surface area contributed by atoms with Crippen LogP contribution >= 0.6 is 0 Å². The second-order valence-electron chi connectivity index (χ2n) is 5.30. The van der Waals surface area contributed by atoms with Crippen LogP contribution in [-0.4, -0.2) is 15.4 Å². The number of benzene rings is 1. The van der Waals surface area contributed by atoms with E-state index in [0.717, 1.165) is 10.9 Å². The number of carbonyl (C=O) groups excluding carboxylic acids is 1. The number of fused-ring (bicyclic) bond motifs is 1. The van der Waals surface area contributed by atoms with E-state index in [-0.39, 0.29) is 11.6 Å². The Morgan fingerprint density at radius 2 is 2.15 bits per heavy atom. The Labute approximate surface area is 115 Å². The second kappa shape index (κ2) is 4.93. The molecule has 20 heavy (non-hydrogen) atoms. The highest BCUT2D eigenvalue weighted by Gasteiger charge is 2.27. The van der Waals surface area contributed by atoms with Gasteiger partial charge in [-0.1, -0.05) is 0 Å². The fourth-order valence-electron chi connectivity index (χ4n) is 2.13. The largest absolute Gasteiger partial charge is 0.346 e. The van der Waals surface area contributed by atoms with Crippen LogP contribution in [0.5, 0.6) is 0 Å². The molecule has 7 nitrogen and oxygen atoms in total. The van der Waals surface area contributed by atoms with E-state index in [1.807, 2.05) is 4.57 Å². The molecule has 0 atom stereocenters. The SMILES string of the molecule is CC(C)(Cn1ccc2cc([N+](=O)[O-])ccc21)C(=O)NN. The minimum atomic E-state index is -0.678. The number of amides is 1. The molecule has 106 valence electrons. The Bertz CT molecular complexity index is 675. The van der Waals surface area contributed by atoms with E-state index in [4.69, 9.17) is 5.84 Å². The lowest BCUT2D eigenvalue weighted by atomic mass is 9.92. The maximum absolute atomic E-state index is 11.7. The molecule has 0 radical (unpaired) electrons. The van der Waals surface area contributed by atoms with Gasteiger partial charge in [0.25, 0.3) is 5.69 Å². The number of nitrogens with zero attached hydrogens (tertiary/aromatic N) is 2. The van der Waals surface area contributed by atoms with Gasteiger partial charge >= 0.3 is 0 Å². The molecular formula is C13H16N4O3. The normalized spacial score (nSPS) is 11.6. The van der Waals surface area contributed by atoms with Crippen LogP contribution in [0.4, 0.5) is 5.69 Å². The molecule has 7 heteroatoms. The van der Waals surface area contributed by atoms with Gasteiger partial charge in [0.1, 0.15) is 0 Å². The number of nitro benzene ring substituents is 1. The van der Waals surface area contributed by atoms with Crippen molar-refractivity contribution in [3.8, 4) is 0 Å². The lowest BCUT2D eigenvalue weighted by Gasteiger charge is -2.23. The number of hydrazine groups is 1. The summed E-state index contributed by atoms with van der Waals surface area (Å²) in [6.45, 7) is 4.00. The predicted molar refractivity (Wildman–Crippen MR) is 74.7 cm³/mol. The molecule has 0 unspecified atom stereocenters. The van der Waals surface area contributed by atoms with Gasteiger partial charge in [0.2, 0.25) is 5.91 Å². The van der Waals surface area contributed by atoms with E-state index >= 15 is 0 Å². The van der Waals surface area contributed by atoms with Crippen LogP contribution in [0, 0.1) is 15.5 Å². The van der Waals surface area contributed by atoms with Gasteiger partial charge in [0.05, 0.1) is 10.3 Å². The van der Waals surface area contributed by atoms with Crippen LogP contribution in [0.15, 0.2) is 30.5 Å². The molecule has 0 saturated carbocycles. The quantitative estimate of drug-likeness (QED) is 0.383. The average Bonchev–Trinajstić information content (AvgIpc) is 2.79. The molecule has 1 aromatic carbocycles. The topological polar surface area (TPSA) is 103 Å². The van der Waals surface area contributed by atoms with Crippen LogP contribution < -0.4 is 11.3 Å². The third-order valence-corrected chi connectivity index (χ3v) is 3.28. The monoisotopic (exact) mass is 276 g/mol. The number of aromatic nitrogens is 1. The molecule has 0 aliphatic heterocycles. The van der Waals surface area contributed by atoms with Crippen LogP contribution in [-0.2, 0) is 11.3 Å². The van der Waals surface area contributed by atoms with Gasteiger partial charge in [-0.15, -0.1) is 0 Å². The minimum absolute atomic E-state index is 0.0502. The van der Waals surface area contributed by atoms with E-state index in [1.165, 1.54) is 12.1 Å². The van der Waals surface area contributed by atoms with Crippen molar-refractivity contribution in [2.75, 3.05) is 0 Å². The van der Waals surface area contributed by atoms with Crippen molar-refractivity contribution in [2.45, 2.75) is 20.4 Å². The third-order valence-electron chi connectivity index (χ3n) is 3.28. The summed E-state index contributed by atoms with van der Waals surface area (Å²) in [5.41, 5.74) is 2.36. The first kappa shape index (κ1) is 14.0. The van der Waals surface area contributed by atoms with Crippen molar-refractivity contribution < 1.29 is 9.72 Å². The Morgan fingerprint density at radius 1 is 1.45 bits per heavy atom. The molecule has 0 bridgehead atoms. The van der Waals surface area contributed by atoms with Crippen molar-refractivity contribution in [3.63, 3.8) is 0 Å². The number of nitrogens with two attached hydrogens (primary N) is 1. The highest BCUT2D eigenvalue weighted by Crippen LogP contribution is 2.25. The predicted octanol–water partition coefficient (Wildman–Crippen LogP) is 1.57. The molecule has 0 saturated heterocycles. The van der Waals surface area contributed by atoms with Crippen molar-refractivity contribution in [1.29, 1.82) is 0 Å². The minimum Gasteiger partial charge on any atom is -0.346 e. The zero-order chi connectivity index (χ0) is 14.9. The molecule has 2 rings (SSSR count). The highest BCUT2D eigenvalue weighted by molar-refractivity contribution is 5.84. The summed E-state index contributed by atoms with van der Waals surface area (Å²) < 4.78 is 1.88. The summed E-state index contributed by atoms with van der Waals surface area (Å²) in [6, 6.07) is 6.44. The van der Waals surface area contributed by atoms with Gasteiger partial charge in [-0.25, -0.2) is 5.84 Å². The Hall–Kier alpha value is -2.41. The van der Waals surface area contributed by atoms with Crippen molar-refractivity contribution in [3.05, 3.63) is 40.6 Å². The number of non-ortho nitro benzene ring substituents is 1. The molecule has 2 aromatic rings. The summed E-state index contributed by atoms with van der Waals surface area (Å²) in [5, 5.41) is 11.5. The fourth-order valence-corrected chi connectivity index (χ4v) is 2.13. The molecule has 0 aliphatic rings. The summed E-state index contributed by atoms with van der Waals surface area (Å²) >= 11 is 0. The van der Waals surface area contributed by atoms with Gasteiger partial charge < -0.3 is 4.57 Å². The zero-order valence-electron chi connectivity index (χ0n) is 11.3. The standard InChI is InChI=1S/C13H16N4O3/c1-13(2,12(18)15-14)8-16-6-5-9-7-10(17(19)20)3-4-11(9)16/h3-7H,8,14H2,1-2H3,(H,15,18). The van der Waals surface area contributed by atoms with E-state index in [9.17, 15) is 14.9 Å². The highest BCUT2D eigenvalue weighted by atomic mass is 16.6. The van der Waals surface area contributed by atoms with Crippen molar-refractivity contribution in [2.24, 2.45) is 11.3 Å². The van der Waals surface area contributed by atoms with E-state index in [1.54, 1.807) is 32.2 Å². The molecular weight excluding hydrogens is 260 g/mol. The average molecular weight is 276 g/mol. The van der Waals surface area contributed by atoms with Gasteiger partial charge in [-0.3, -0.25) is 20.3 Å². The first-order chi connectivity index (χ1) is 9.35. The number of hydrogen-bond acceptors (Lipinski definition) is 4. The first-order valence-electron chi connectivity index (χ1n) is 6.09. The molecule has 1 heterocycles. The summed E-state index contributed by atoms with van der Waals surface area (Å²) in [4.78, 5) is 22.0. The van der Waals surface area contributed by atoms with Crippen molar-refractivity contribution in [1.82, 2.24) is 9.99 Å². The van der Waals surface area contributed by atoms with Gasteiger partial charge in [0, 0.05) is 35.8 Å². The molecule has 0 spiro atoms. The second-order valence-corrected chi connectivity index (χ2v) is 5.30. The van der Waals surface area contributed by atoms with E-state index in [0.29, 0.717) is 6.54 Å². The summed E-state index contributed by atoms with van der Waals surface area (Å²) in [5.74, 6) is 4.91. The third kappa shape index (κ3) is 2.48. The zero-order valence-corrected chi connectivity index (χ0v) is 11.3. The fraction of sp³-hybridized carbons (Fsp3) is 0.308. The maximum Gasteiger partial charge on any atom is 0.270 e. The van der Waals surface area contributed by atoms with Crippen LogP contribution in [0.3, 0.4) is 0 Å². The molecule has 1 amide bonds. The molecule has 1 aromatic heterocycles. The smallest absolute Gasteiger partial charge is 0.270 e. The number of nitro groups is 1. The first-order valence-corrected chi connectivity index (χ1v) is 6.09. The maximum atomic E-state index is 11.7. The lowest BCUT2D eigenvalue weighted by Crippen LogP contribution is -2.43. The Morgan fingerprint density at radius 3 is 2.75 bits per heavy atom.